The minimum atomic E-state index is -0.528. The molecule has 0 aliphatic heterocycles. The summed E-state index contributed by atoms with van der Waals surface area (Å²) in [5.74, 6) is 1.22. The van der Waals surface area contributed by atoms with Gasteiger partial charge in [0.05, 0.1) is 39.6 Å². The molecule has 0 aliphatic carbocycles. The molecule has 0 heterocycles. The monoisotopic (exact) mass is 481 g/mol. The van der Waals surface area contributed by atoms with E-state index in [2.05, 4.69) is 10.5 Å². The smallest absolute Gasteiger partial charge is 0.311 e. The number of para-hydroxylation sites is 2. The molecule has 0 saturated carbocycles. The molecule has 0 aromatic heterocycles. The van der Waals surface area contributed by atoms with Crippen molar-refractivity contribution >= 4 is 17.8 Å². The Hall–Kier alpha value is -4.80. The predicted molar refractivity (Wildman–Crippen MR) is 127 cm³/mol. The van der Waals surface area contributed by atoms with Gasteiger partial charge >= 0.3 is 5.69 Å². The number of nitro benzene ring substituents is 1. The van der Waals surface area contributed by atoms with Gasteiger partial charge in [-0.25, -0.2) is 5.43 Å². The number of benzene rings is 3. The van der Waals surface area contributed by atoms with Crippen LogP contribution in [0, 0.1) is 10.1 Å². The van der Waals surface area contributed by atoms with Crippen molar-refractivity contribution in [1.29, 1.82) is 0 Å². The van der Waals surface area contributed by atoms with E-state index in [9.17, 15) is 14.9 Å². The Morgan fingerprint density at radius 2 is 1.51 bits per heavy atom. The number of nitrogens with one attached hydrogen (secondary N) is 1. The summed E-state index contributed by atoms with van der Waals surface area (Å²) < 4.78 is 26.8. The molecule has 0 unspecified atom stereocenters. The summed E-state index contributed by atoms with van der Waals surface area (Å²) in [5, 5.41) is 15.2. The third-order valence-electron chi connectivity index (χ3n) is 4.78. The third kappa shape index (κ3) is 5.77. The average molecular weight is 481 g/mol. The van der Waals surface area contributed by atoms with Gasteiger partial charge in [0.15, 0.2) is 23.0 Å². The third-order valence-corrected chi connectivity index (χ3v) is 4.78. The first-order chi connectivity index (χ1) is 16.9. The van der Waals surface area contributed by atoms with E-state index in [1.54, 1.807) is 30.3 Å². The zero-order valence-electron chi connectivity index (χ0n) is 19.4. The van der Waals surface area contributed by atoms with E-state index in [1.807, 2.05) is 0 Å². The van der Waals surface area contributed by atoms with Gasteiger partial charge in [-0.05, 0) is 42.0 Å². The van der Waals surface area contributed by atoms with Crippen LogP contribution >= 0.6 is 0 Å². The van der Waals surface area contributed by atoms with Crippen LogP contribution in [0.1, 0.15) is 15.9 Å². The summed E-state index contributed by atoms with van der Waals surface area (Å²) in [5.41, 5.74) is 3.10. The maximum Gasteiger partial charge on any atom is 0.311 e. The molecule has 0 spiro atoms. The van der Waals surface area contributed by atoms with E-state index in [1.165, 1.54) is 58.9 Å². The van der Waals surface area contributed by atoms with Crippen LogP contribution in [0.3, 0.4) is 0 Å². The number of nitrogens with zero attached hydrogens (tertiary/aromatic N) is 2. The van der Waals surface area contributed by atoms with Gasteiger partial charge in [0, 0.05) is 11.6 Å². The molecule has 3 aromatic rings. The Morgan fingerprint density at radius 3 is 2.11 bits per heavy atom. The molecule has 0 aliphatic rings. The molecule has 0 fully saturated rings. The minimum absolute atomic E-state index is 0.0785. The average Bonchev–Trinajstić information content (AvgIpc) is 2.88. The van der Waals surface area contributed by atoms with Gasteiger partial charge in [-0.15, -0.1) is 0 Å². The standard InChI is InChI=1S/C24H23N3O8/c1-31-20-11-15(9-10-19(20)35-18-8-6-5-7-17(18)27(29)30)14-25-26-24(28)16-12-21(32-2)23(34-4)22(13-16)33-3/h5-14H,1-4H3,(H,26,28)/b25-14-. The van der Waals surface area contributed by atoms with Crippen LogP contribution in [0.4, 0.5) is 5.69 Å². The van der Waals surface area contributed by atoms with Gasteiger partial charge in [-0.1, -0.05) is 12.1 Å². The van der Waals surface area contributed by atoms with E-state index < -0.39 is 10.8 Å². The van der Waals surface area contributed by atoms with Crippen molar-refractivity contribution in [3.63, 3.8) is 0 Å². The summed E-state index contributed by atoms with van der Waals surface area (Å²) in [7, 11) is 5.81. The van der Waals surface area contributed by atoms with Crippen LogP contribution in [0.5, 0.6) is 34.5 Å². The van der Waals surface area contributed by atoms with Crippen LogP contribution in [0.15, 0.2) is 59.7 Å². The number of rotatable bonds is 10. The van der Waals surface area contributed by atoms with Crippen molar-refractivity contribution in [2.45, 2.75) is 0 Å². The van der Waals surface area contributed by atoms with Crippen LogP contribution in [-0.4, -0.2) is 45.5 Å². The molecular formula is C24H23N3O8. The number of nitro groups is 1. The molecule has 182 valence electrons. The lowest BCUT2D eigenvalue weighted by Crippen LogP contribution is -2.18. The van der Waals surface area contributed by atoms with Gasteiger partial charge in [0.2, 0.25) is 11.5 Å². The molecule has 1 amide bonds. The Balaban J connectivity index is 1.76. The van der Waals surface area contributed by atoms with E-state index in [-0.39, 0.29) is 22.7 Å². The molecule has 1 N–H and O–H groups in total. The molecule has 11 heteroatoms. The van der Waals surface area contributed by atoms with Crippen molar-refractivity contribution in [3.8, 4) is 34.5 Å². The Bertz CT molecular complexity index is 1230. The summed E-state index contributed by atoms with van der Waals surface area (Å²) in [6.07, 6.45) is 1.41. The zero-order valence-corrected chi connectivity index (χ0v) is 19.4. The molecule has 3 aromatic carbocycles. The second-order valence-corrected chi connectivity index (χ2v) is 6.85. The van der Waals surface area contributed by atoms with Gasteiger partial charge < -0.3 is 23.7 Å². The highest BCUT2D eigenvalue weighted by Gasteiger charge is 2.18. The molecule has 0 saturated heterocycles. The molecule has 3 rings (SSSR count). The van der Waals surface area contributed by atoms with Crippen molar-refractivity contribution in [2.24, 2.45) is 5.10 Å². The van der Waals surface area contributed by atoms with E-state index in [0.717, 1.165) is 0 Å². The zero-order chi connectivity index (χ0) is 25.4. The first-order valence-corrected chi connectivity index (χ1v) is 10.1. The fourth-order valence-corrected chi connectivity index (χ4v) is 3.10. The fraction of sp³-hybridized carbons (Fsp3) is 0.167. The maximum atomic E-state index is 12.6. The van der Waals surface area contributed by atoms with Crippen LogP contribution in [0.2, 0.25) is 0 Å². The highest BCUT2D eigenvalue weighted by atomic mass is 16.6. The minimum Gasteiger partial charge on any atom is -0.493 e. The van der Waals surface area contributed by atoms with E-state index in [4.69, 9.17) is 23.7 Å². The molecule has 0 radical (unpaired) electrons. The Kier molecular flexibility index (Phi) is 8.06. The largest absolute Gasteiger partial charge is 0.493 e. The van der Waals surface area contributed by atoms with Gasteiger partial charge in [-0.2, -0.15) is 5.10 Å². The van der Waals surface area contributed by atoms with E-state index in [0.29, 0.717) is 28.6 Å². The topological polar surface area (TPSA) is 131 Å². The van der Waals surface area contributed by atoms with Crippen molar-refractivity contribution in [2.75, 3.05) is 28.4 Å². The van der Waals surface area contributed by atoms with Gasteiger partial charge in [0.25, 0.3) is 5.91 Å². The number of methoxy groups -OCH3 is 4. The second-order valence-electron chi connectivity index (χ2n) is 6.85. The molecule has 11 nitrogen and oxygen atoms in total. The lowest BCUT2D eigenvalue weighted by Gasteiger charge is -2.13. The number of amides is 1. The predicted octanol–water partition coefficient (Wildman–Crippen LogP) is 4.19. The second kappa shape index (κ2) is 11.4. The highest BCUT2D eigenvalue weighted by Crippen LogP contribution is 2.38. The summed E-state index contributed by atoms with van der Waals surface area (Å²) in [6.45, 7) is 0. The quantitative estimate of drug-likeness (QED) is 0.259. The van der Waals surface area contributed by atoms with Crippen LogP contribution in [0.25, 0.3) is 0 Å². The number of ether oxygens (including phenoxy) is 5. The van der Waals surface area contributed by atoms with Gasteiger partial charge in [0.1, 0.15) is 0 Å². The fourth-order valence-electron chi connectivity index (χ4n) is 3.10. The maximum absolute atomic E-state index is 12.6. The van der Waals surface area contributed by atoms with E-state index >= 15 is 0 Å². The van der Waals surface area contributed by atoms with Crippen molar-refractivity contribution in [1.82, 2.24) is 5.43 Å². The van der Waals surface area contributed by atoms with Crippen molar-refractivity contribution < 1.29 is 33.4 Å². The summed E-state index contributed by atoms with van der Waals surface area (Å²) in [6, 6.07) is 13.9. The van der Waals surface area contributed by atoms with Gasteiger partial charge in [-0.3, -0.25) is 14.9 Å². The molecule has 35 heavy (non-hydrogen) atoms. The number of hydrogen-bond acceptors (Lipinski definition) is 9. The Labute approximate surface area is 201 Å². The lowest BCUT2D eigenvalue weighted by atomic mass is 10.1. The number of carbonyl (C=O) groups excluding carboxylic acids is 1. The molecule has 0 atom stereocenters. The summed E-state index contributed by atoms with van der Waals surface area (Å²) in [4.78, 5) is 23.3. The number of hydrazone groups is 1. The highest BCUT2D eigenvalue weighted by molar-refractivity contribution is 5.96. The van der Waals surface area contributed by atoms with Crippen LogP contribution in [-0.2, 0) is 0 Å². The first-order valence-electron chi connectivity index (χ1n) is 10.1. The normalized spacial score (nSPS) is 10.5. The Morgan fingerprint density at radius 1 is 0.857 bits per heavy atom. The SMILES string of the molecule is COc1cc(/C=N\NC(=O)c2cc(OC)c(OC)c(OC)c2)ccc1Oc1ccccc1[N+](=O)[O-]. The molecule has 0 bridgehead atoms. The molecular weight excluding hydrogens is 458 g/mol. The van der Waals surface area contributed by atoms with Crippen molar-refractivity contribution in [3.05, 3.63) is 75.8 Å². The summed E-state index contributed by atoms with van der Waals surface area (Å²) >= 11 is 0. The number of hydrogen-bond donors (Lipinski definition) is 1. The number of carbonyl (C=O) groups is 1. The van der Waals surface area contributed by atoms with Crippen LogP contribution < -0.4 is 29.1 Å². The lowest BCUT2D eigenvalue weighted by molar-refractivity contribution is -0.385. The first kappa shape index (κ1) is 24.8.